The van der Waals surface area contributed by atoms with E-state index >= 15 is 0 Å². The summed E-state index contributed by atoms with van der Waals surface area (Å²) in [7, 11) is 0. The molecule has 2 aliphatic heterocycles. The maximum absolute atomic E-state index is 12.2. The summed E-state index contributed by atoms with van der Waals surface area (Å²) in [6.07, 6.45) is 0. The van der Waals surface area contributed by atoms with Crippen molar-refractivity contribution >= 4 is 22.5 Å². The van der Waals surface area contributed by atoms with Gasteiger partial charge in [0.15, 0.2) is 5.82 Å². The molecule has 1 N–H and O–H groups in total. The predicted molar refractivity (Wildman–Crippen MR) is 89.6 cm³/mol. The van der Waals surface area contributed by atoms with Crippen molar-refractivity contribution in [1.82, 2.24) is 14.5 Å². The summed E-state index contributed by atoms with van der Waals surface area (Å²) in [5.41, 5.74) is 0.727. The Balaban J connectivity index is 2.31. The number of benzene rings is 2. The molecule has 2 aliphatic rings. The minimum Gasteiger partial charge on any atom is -0.294 e. The predicted octanol–water partition coefficient (Wildman–Crippen LogP) is 2.83. The lowest BCUT2D eigenvalue weighted by Crippen LogP contribution is -2.27. The second-order valence-corrected chi connectivity index (χ2v) is 5.50. The van der Waals surface area contributed by atoms with Crippen LogP contribution in [0.3, 0.4) is 0 Å². The second-order valence-electron chi connectivity index (χ2n) is 5.10. The van der Waals surface area contributed by atoms with E-state index in [2.05, 4.69) is 9.97 Å². The summed E-state index contributed by atoms with van der Waals surface area (Å²) in [5, 5.41) is 1.25. The number of aromatic nitrogens is 3. The van der Waals surface area contributed by atoms with Crippen molar-refractivity contribution in [3.05, 3.63) is 80.5 Å². The lowest BCUT2D eigenvalue weighted by molar-refractivity contribution is 0.960. The number of hydrogen-bond acceptors (Lipinski definition) is 3. The van der Waals surface area contributed by atoms with E-state index in [-0.39, 0.29) is 0 Å². The minimum atomic E-state index is -0.673. The van der Waals surface area contributed by atoms with Crippen LogP contribution in [0.25, 0.3) is 28.0 Å². The van der Waals surface area contributed by atoms with Gasteiger partial charge < -0.3 is 0 Å². The van der Waals surface area contributed by atoms with Crippen LogP contribution in [0.4, 0.5) is 0 Å². The third kappa shape index (κ3) is 2.13. The third-order valence-electron chi connectivity index (χ3n) is 3.70. The molecule has 112 valence electrons. The number of para-hydroxylation sites is 1. The topological polar surface area (TPSA) is 67.8 Å². The molecule has 0 aliphatic carbocycles. The van der Waals surface area contributed by atoms with Gasteiger partial charge in [0.05, 0.1) is 11.1 Å². The maximum atomic E-state index is 12.2. The highest BCUT2D eigenvalue weighted by molar-refractivity contribution is 6.35. The number of rotatable bonds is 1. The van der Waals surface area contributed by atoms with E-state index in [1.54, 1.807) is 16.7 Å². The van der Waals surface area contributed by atoms with Gasteiger partial charge in [0, 0.05) is 16.1 Å². The third-order valence-corrected chi connectivity index (χ3v) is 4.03. The highest BCUT2D eigenvalue weighted by Crippen LogP contribution is 2.31. The zero-order chi connectivity index (χ0) is 16.0. The van der Waals surface area contributed by atoms with Gasteiger partial charge in [-0.2, -0.15) is 4.98 Å². The van der Waals surface area contributed by atoms with E-state index in [4.69, 9.17) is 11.6 Å². The number of nitrogens with one attached hydrogen (secondary N) is 1. The van der Waals surface area contributed by atoms with Crippen LogP contribution < -0.4 is 11.2 Å². The van der Waals surface area contributed by atoms with Gasteiger partial charge in [0.25, 0.3) is 5.56 Å². The first-order chi connectivity index (χ1) is 11.1. The quantitative estimate of drug-likeness (QED) is 0.548. The van der Waals surface area contributed by atoms with Gasteiger partial charge in [0.1, 0.15) is 0 Å². The van der Waals surface area contributed by atoms with Crippen LogP contribution in [-0.4, -0.2) is 14.5 Å². The van der Waals surface area contributed by atoms with Gasteiger partial charge in [-0.05, 0) is 30.3 Å². The summed E-state index contributed by atoms with van der Waals surface area (Å²) >= 11 is 6.29. The first-order valence-corrected chi connectivity index (χ1v) is 7.33. The van der Waals surface area contributed by atoms with E-state index in [0.29, 0.717) is 16.4 Å². The standard InChI is InChI=1S/C17H10ClN3O2/c18-13-7-4-8-14-11(13)9-12-15(19-17(23)20-16(12)22)21(14)10-5-2-1-3-6-10/h1-9H,(H,20,22,23). The fourth-order valence-corrected chi connectivity index (χ4v) is 2.94. The Morgan fingerprint density at radius 1 is 1.00 bits per heavy atom. The van der Waals surface area contributed by atoms with Gasteiger partial charge >= 0.3 is 5.69 Å². The van der Waals surface area contributed by atoms with Crippen molar-refractivity contribution in [2.45, 2.75) is 0 Å². The number of H-pyrrole nitrogens is 1. The lowest BCUT2D eigenvalue weighted by atomic mass is 10.1. The molecule has 2 aromatic rings. The van der Waals surface area contributed by atoms with Gasteiger partial charge in [-0.25, -0.2) is 4.79 Å². The first kappa shape index (κ1) is 13.7. The highest BCUT2D eigenvalue weighted by atomic mass is 35.5. The Bertz CT molecular complexity index is 1120. The van der Waals surface area contributed by atoms with E-state index in [1.165, 1.54) is 0 Å². The molecule has 0 bridgehead atoms. The molecule has 0 fully saturated rings. The van der Waals surface area contributed by atoms with Crippen LogP contribution in [-0.2, 0) is 0 Å². The smallest absolute Gasteiger partial charge is 0.294 e. The molecule has 0 amide bonds. The van der Waals surface area contributed by atoms with Crippen LogP contribution in [0.15, 0.2) is 64.2 Å². The molecule has 0 radical (unpaired) electrons. The van der Waals surface area contributed by atoms with Gasteiger partial charge in [-0.1, -0.05) is 35.9 Å². The van der Waals surface area contributed by atoms with Crippen molar-refractivity contribution in [2.24, 2.45) is 0 Å². The van der Waals surface area contributed by atoms with Crippen LogP contribution in [0.5, 0.6) is 0 Å². The van der Waals surface area contributed by atoms with E-state index in [9.17, 15) is 9.59 Å². The number of nitrogens with zero attached hydrogens (tertiary/aromatic N) is 2. The molecule has 2 heterocycles. The average Bonchev–Trinajstić information content (AvgIpc) is 2.54. The minimum absolute atomic E-state index is 0.305. The first-order valence-electron chi connectivity index (χ1n) is 6.95. The summed E-state index contributed by atoms with van der Waals surface area (Å²) in [6, 6.07) is 16.5. The summed E-state index contributed by atoms with van der Waals surface area (Å²) in [5.74, 6) is 0.305. The molecule has 0 atom stereocenters. The molecule has 0 unspecified atom stereocenters. The van der Waals surface area contributed by atoms with Crippen molar-refractivity contribution < 1.29 is 0 Å². The van der Waals surface area contributed by atoms with Crippen molar-refractivity contribution in [1.29, 1.82) is 0 Å². The molecule has 5 nitrogen and oxygen atoms in total. The summed E-state index contributed by atoms with van der Waals surface area (Å²) in [4.78, 5) is 30.1. The highest BCUT2D eigenvalue weighted by Gasteiger charge is 2.18. The summed E-state index contributed by atoms with van der Waals surface area (Å²) in [6.45, 7) is 0. The average molecular weight is 324 g/mol. The largest absolute Gasteiger partial charge is 0.349 e. The number of pyridine rings is 1. The molecule has 23 heavy (non-hydrogen) atoms. The Hall–Kier alpha value is -2.92. The normalized spacial score (nSPS) is 11.2. The fraction of sp³-hybridized carbons (Fsp3) is 0. The SMILES string of the molecule is O=c1nc2n(-c3ccccc3)c3cccc(Cl)c3cc-2c(=O)[nH]1. The number of halogens is 1. The van der Waals surface area contributed by atoms with Gasteiger partial charge in [-0.3, -0.25) is 14.3 Å². The van der Waals surface area contributed by atoms with E-state index in [1.807, 2.05) is 42.5 Å². The molecule has 0 saturated carbocycles. The van der Waals surface area contributed by atoms with E-state index in [0.717, 1.165) is 16.6 Å². The zero-order valence-electron chi connectivity index (χ0n) is 11.8. The Morgan fingerprint density at radius 2 is 1.78 bits per heavy atom. The van der Waals surface area contributed by atoms with Crippen molar-refractivity contribution in [3.63, 3.8) is 0 Å². The Morgan fingerprint density at radius 3 is 2.57 bits per heavy atom. The molecular formula is C17H10ClN3O2. The van der Waals surface area contributed by atoms with Crippen molar-refractivity contribution in [3.8, 4) is 17.1 Å². The van der Waals surface area contributed by atoms with Gasteiger partial charge in [0.2, 0.25) is 0 Å². The summed E-state index contributed by atoms with van der Waals surface area (Å²) < 4.78 is 1.77. The molecule has 6 heteroatoms. The molecule has 0 aromatic heterocycles. The molecular weight excluding hydrogens is 314 g/mol. The Kier molecular flexibility index (Phi) is 3.02. The fourth-order valence-electron chi connectivity index (χ4n) is 2.71. The monoisotopic (exact) mass is 323 g/mol. The van der Waals surface area contributed by atoms with Gasteiger partial charge in [-0.15, -0.1) is 0 Å². The van der Waals surface area contributed by atoms with Crippen LogP contribution >= 0.6 is 11.6 Å². The zero-order valence-corrected chi connectivity index (χ0v) is 12.5. The molecule has 2 aromatic carbocycles. The van der Waals surface area contributed by atoms with Crippen molar-refractivity contribution in [2.75, 3.05) is 0 Å². The number of aromatic amines is 1. The van der Waals surface area contributed by atoms with E-state index < -0.39 is 11.2 Å². The number of hydrogen-bond donors (Lipinski definition) is 1. The van der Waals surface area contributed by atoms with Crippen LogP contribution in [0.2, 0.25) is 5.02 Å². The Labute approximate surface area is 135 Å². The molecule has 4 rings (SSSR count). The molecule has 0 spiro atoms. The van der Waals surface area contributed by atoms with Crippen LogP contribution in [0.1, 0.15) is 0 Å². The lowest BCUT2D eigenvalue weighted by Gasteiger charge is -2.17. The maximum Gasteiger partial charge on any atom is 0.349 e. The van der Waals surface area contributed by atoms with Crippen LogP contribution in [0, 0.1) is 0 Å². The molecule has 0 saturated heterocycles. The second kappa shape index (κ2) is 5.07. The number of fused-ring (bicyclic) bond motifs is 2.